The number of aryl methyl sites for hydroxylation is 1. The van der Waals surface area contributed by atoms with Crippen molar-refractivity contribution in [2.24, 2.45) is 5.10 Å². The van der Waals surface area contributed by atoms with Crippen LogP contribution in [0.5, 0.6) is 0 Å². The average molecular weight is 450 g/mol. The SMILES string of the molecule is Nc1c(C(=O)NCCCc2ccccc2)c2nc3ccccc3nc2n1/N=C/c1ccncc1. The molecule has 3 aromatic heterocycles. The molecule has 168 valence electrons. The van der Waals surface area contributed by atoms with E-state index in [2.05, 4.69) is 27.5 Å². The Balaban J connectivity index is 1.47. The lowest BCUT2D eigenvalue weighted by Gasteiger charge is -2.06. The number of amides is 1. The van der Waals surface area contributed by atoms with Gasteiger partial charge in [-0.1, -0.05) is 42.5 Å². The van der Waals surface area contributed by atoms with Crippen molar-refractivity contribution < 1.29 is 4.79 Å². The van der Waals surface area contributed by atoms with Gasteiger partial charge in [-0.25, -0.2) is 9.97 Å². The Hall–Kier alpha value is -4.59. The molecule has 0 aliphatic carbocycles. The van der Waals surface area contributed by atoms with Gasteiger partial charge < -0.3 is 11.1 Å². The number of aromatic nitrogens is 4. The summed E-state index contributed by atoms with van der Waals surface area (Å²) in [6.45, 7) is 0.515. The molecule has 0 radical (unpaired) electrons. The van der Waals surface area contributed by atoms with Gasteiger partial charge in [-0.15, -0.1) is 0 Å². The van der Waals surface area contributed by atoms with E-state index in [1.54, 1.807) is 18.6 Å². The van der Waals surface area contributed by atoms with Crippen molar-refractivity contribution in [3.05, 3.63) is 95.8 Å². The average Bonchev–Trinajstić information content (AvgIpc) is 3.15. The third-order valence-electron chi connectivity index (χ3n) is 5.50. The maximum atomic E-state index is 13.2. The lowest BCUT2D eigenvalue weighted by Crippen LogP contribution is -2.25. The summed E-state index contributed by atoms with van der Waals surface area (Å²) in [7, 11) is 0. The number of nitrogen functional groups attached to an aromatic ring is 1. The number of hydrogen-bond donors (Lipinski definition) is 2. The van der Waals surface area contributed by atoms with Gasteiger partial charge in [-0.05, 0) is 48.2 Å². The molecular formula is C26H23N7O. The summed E-state index contributed by atoms with van der Waals surface area (Å²) >= 11 is 0. The smallest absolute Gasteiger partial charge is 0.257 e. The fourth-order valence-corrected chi connectivity index (χ4v) is 3.79. The Morgan fingerprint density at radius 1 is 0.971 bits per heavy atom. The molecule has 0 spiro atoms. The Kier molecular flexibility index (Phi) is 5.94. The van der Waals surface area contributed by atoms with Crippen LogP contribution in [0.4, 0.5) is 5.82 Å². The number of fused-ring (bicyclic) bond motifs is 2. The van der Waals surface area contributed by atoms with E-state index >= 15 is 0 Å². The topological polar surface area (TPSA) is 111 Å². The number of benzene rings is 2. The number of hydrogen-bond acceptors (Lipinski definition) is 6. The minimum Gasteiger partial charge on any atom is -0.383 e. The van der Waals surface area contributed by atoms with E-state index in [1.807, 2.05) is 54.6 Å². The zero-order valence-corrected chi connectivity index (χ0v) is 18.4. The summed E-state index contributed by atoms with van der Waals surface area (Å²) < 4.78 is 1.47. The van der Waals surface area contributed by atoms with Crippen LogP contribution in [0.15, 0.2) is 84.2 Å². The first-order valence-electron chi connectivity index (χ1n) is 11.0. The van der Waals surface area contributed by atoms with Crippen molar-refractivity contribution >= 4 is 40.1 Å². The number of anilines is 1. The predicted octanol–water partition coefficient (Wildman–Crippen LogP) is 3.81. The molecule has 0 atom stereocenters. The van der Waals surface area contributed by atoms with Crippen LogP contribution in [0.2, 0.25) is 0 Å². The lowest BCUT2D eigenvalue weighted by molar-refractivity contribution is 0.0955. The predicted molar refractivity (Wildman–Crippen MR) is 134 cm³/mol. The maximum Gasteiger partial charge on any atom is 0.257 e. The second-order valence-electron chi connectivity index (χ2n) is 7.83. The highest BCUT2D eigenvalue weighted by atomic mass is 16.1. The molecule has 34 heavy (non-hydrogen) atoms. The first-order valence-corrected chi connectivity index (χ1v) is 11.0. The number of carbonyl (C=O) groups is 1. The standard InChI is InChI=1S/C26H23N7O/c27-24-22(26(34)29-14-6-9-18-7-2-1-3-8-18)23-25(32-21-11-5-4-10-20(21)31-23)33(24)30-17-19-12-15-28-16-13-19/h1-5,7-8,10-13,15-17H,6,9,14,27H2,(H,29,34)/b30-17+. The molecule has 0 saturated heterocycles. The molecule has 0 unspecified atom stereocenters. The Labute approximate surface area is 196 Å². The number of para-hydroxylation sites is 2. The van der Waals surface area contributed by atoms with Crippen LogP contribution >= 0.6 is 0 Å². The number of rotatable bonds is 7. The van der Waals surface area contributed by atoms with Crippen LogP contribution in [0.25, 0.3) is 22.2 Å². The lowest BCUT2D eigenvalue weighted by atomic mass is 10.1. The van der Waals surface area contributed by atoms with Crippen LogP contribution in [-0.4, -0.2) is 38.3 Å². The summed E-state index contributed by atoms with van der Waals surface area (Å²) in [6, 6.07) is 21.3. The zero-order valence-electron chi connectivity index (χ0n) is 18.4. The number of nitrogens with zero attached hydrogens (tertiary/aromatic N) is 5. The first kappa shape index (κ1) is 21.3. The van der Waals surface area contributed by atoms with Crippen LogP contribution in [0.3, 0.4) is 0 Å². The van der Waals surface area contributed by atoms with Gasteiger partial charge >= 0.3 is 0 Å². The normalized spacial score (nSPS) is 11.4. The molecule has 8 nitrogen and oxygen atoms in total. The molecule has 2 aromatic carbocycles. The summed E-state index contributed by atoms with van der Waals surface area (Å²) in [5, 5.41) is 7.48. The monoisotopic (exact) mass is 449 g/mol. The highest BCUT2D eigenvalue weighted by Crippen LogP contribution is 2.27. The fourth-order valence-electron chi connectivity index (χ4n) is 3.79. The van der Waals surface area contributed by atoms with Crippen LogP contribution in [0, 0.1) is 0 Å². The third kappa shape index (κ3) is 4.33. The number of nitrogens with one attached hydrogen (secondary N) is 1. The fraction of sp³-hybridized carbons (Fsp3) is 0.115. The molecule has 5 aromatic rings. The van der Waals surface area contributed by atoms with Crippen molar-refractivity contribution in [1.82, 2.24) is 24.9 Å². The molecule has 3 heterocycles. The van der Waals surface area contributed by atoms with Crippen molar-refractivity contribution in [3.63, 3.8) is 0 Å². The van der Waals surface area contributed by atoms with Crippen LogP contribution in [0.1, 0.15) is 27.9 Å². The van der Waals surface area contributed by atoms with E-state index < -0.39 is 0 Å². The molecule has 3 N–H and O–H groups in total. The molecule has 0 fully saturated rings. The molecule has 0 aliphatic rings. The molecule has 1 amide bonds. The molecule has 0 aliphatic heterocycles. The minimum absolute atomic E-state index is 0.191. The molecule has 0 bridgehead atoms. The zero-order chi connectivity index (χ0) is 23.3. The number of carbonyl (C=O) groups excluding carboxylic acids is 1. The first-order chi connectivity index (χ1) is 16.7. The van der Waals surface area contributed by atoms with Gasteiger partial charge in [0.15, 0.2) is 5.65 Å². The number of pyridine rings is 1. The number of nitrogens with two attached hydrogens (primary N) is 1. The Morgan fingerprint density at radius 3 is 2.44 bits per heavy atom. The van der Waals surface area contributed by atoms with E-state index in [0.717, 1.165) is 18.4 Å². The van der Waals surface area contributed by atoms with E-state index in [1.165, 1.54) is 10.2 Å². The Bertz CT molecular complexity index is 1480. The molecule has 8 heteroatoms. The third-order valence-corrected chi connectivity index (χ3v) is 5.50. The Morgan fingerprint density at radius 2 is 1.68 bits per heavy atom. The van der Waals surface area contributed by atoms with Gasteiger partial charge in [0, 0.05) is 18.9 Å². The van der Waals surface area contributed by atoms with Crippen molar-refractivity contribution in [3.8, 4) is 0 Å². The molecular weight excluding hydrogens is 426 g/mol. The summed E-state index contributed by atoms with van der Waals surface area (Å²) in [6.07, 6.45) is 6.69. The summed E-state index contributed by atoms with van der Waals surface area (Å²) in [5.74, 6) is -0.103. The van der Waals surface area contributed by atoms with E-state index in [0.29, 0.717) is 28.7 Å². The quantitative estimate of drug-likeness (QED) is 0.290. The second kappa shape index (κ2) is 9.50. The van der Waals surface area contributed by atoms with E-state index in [9.17, 15) is 4.79 Å². The highest BCUT2D eigenvalue weighted by Gasteiger charge is 2.23. The largest absolute Gasteiger partial charge is 0.383 e. The maximum absolute atomic E-state index is 13.2. The second-order valence-corrected chi connectivity index (χ2v) is 7.83. The van der Waals surface area contributed by atoms with Crippen molar-refractivity contribution in [1.29, 1.82) is 0 Å². The summed E-state index contributed by atoms with van der Waals surface area (Å²) in [4.78, 5) is 26.6. The van der Waals surface area contributed by atoms with Crippen LogP contribution in [-0.2, 0) is 6.42 Å². The van der Waals surface area contributed by atoms with Crippen LogP contribution < -0.4 is 11.1 Å². The van der Waals surface area contributed by atoms with Gasteiger partial charge in [0.25, 0.3) is 5.91 Å². The molecule has 5 rings (SSSR count). The van der Waals surface area contributed by atoms with E-state index in [4.69, 9.17) is 15.7 Å². The summed E-state index contributed by atoms with van der Waals surface area (Å²) in [5.41, 5.74) is 11.0. The van der Waals surface area contributed by atoms with Crippen molar-refractivity contribution in [2.45, 2.75) is 12.8 Å². The van der Waals surface area contributed by atoms with Gasteiger partial charge in [-0.3, -0.25) is 9.78 Å². The van der Waals surface area contributed by atoms with Crippen molar-refractivity contribution in [2.75, 3.05) is 12.3 Å². The molecule has 0 saturated carbocycles. The minimum atomic E-state index is -0.294. The highest BCUT2D eigenvalue weighted by molar-refractivity contribution is 6.10. The van der Waals surface area contributed by atoms with E-state index in [-0.39, 0.29) is 17.3 Å². The van der Waals surface area contributed by atoms with Gasteiger partial charge in [-0.2, -0.15) is 9.78 Å². The van der Waals surface area contributed by atoms with Gasteiger partial charge in [0.1, 0.15) is 16.9 Å². The van der Waals surface area contributed by atoms with Gasteiger partial charge in [0.05, 0.1) is 17.2 Å². The van der Waals surface area contributed by atoms with Gasteiger partial charge in [0.2, 0.25) is 0 Å².